The first-order valence-electron chi connectivity index (χ1n) is 4.32. The fourth-order valence-electron chi connectivity index (χ4n) is 1.41. The summed E-state index contributed by atoms with van der Waals surface area (Å²) in [5, 5.41) is 0. The molecule has 1 aliphatic carbocycles. The van der Waals surface area contributed by atoms with Crippen molar-refractivity contribution in [3.8, 4) is 0 Å². The van der Waals surface area contributed by atoms with Gasteiger partial charge in [0.05, 0.1) is 0 Å². The van der Waals surface area contributed by atoms with Gasteiger partial charge in [0.2, 0.25) is 0 Å². The SMILES string of the molecule is C=C(N)c1cccc(C2CC2)c1. The van der Waals surface area contributed by atoms with Crippen LogP contribution in [0.25, 0.3) is 5.70 Å². The topological polar surface area (TPSA) is 26.0 Å². The molecule has 1 heteroatoms. The van der Waals surface area contributed by atoms with E-state index in [2.05, 4.69) is 24.8 Å². The zero-order valence-corrected chi connectivity index (χ0v) is 7.09. The standard InChI is InChI=1S/C11H13N/c1-8(12)10-3-2-4-11(7-10)9-5-6-9/h2-4,7,9H,1,5-6,12H2. The van der Waals surface area contributed by atoms with Gasteiger partial charge >= 0.3 is 0 Å². The Labute approximate surface area is 72.9 Å². The summed E-state index contributed by atoms with van der Waals surface area (Å²) >= 11 is 0. The fourth-order valence-corrected chi connectivity index (χ4v) is 1.41. The van der Waals surface area contributed by atoms with E-state index in [9.17, 15) is 0 Å². The molecule has 0 saturated heterocycles. The van der Waals surface area contributed by atoms with Gasteiger partial charge in [0.1, 0.15) is 0 Å². The quantitative estimate of drug-likeness (QED) is 0.705. The van der Waals surface area contributed by atoms with Crippen LogP contribution >= 0.6 is 0 Å². The van der Waals surface area contributed by atoms with E-state index in [1.807, 2.05) is 6.07 Å². The van der Waals surface area contributed by atoms with Gasteiger partial charge in [0, 0.05) is 5.70 Å². The lowest BCUT2D eigenvalue weighted by Gasteiger charge is -2.02. The molecule has 1 aliphatic rings. The molecule has 62 valence electrons. The van der Waals surface area contributed by atoms with Gasteiger partial charge in [-0.2, -0.15) is 0 Å². The summed E-state index contributed by atoms with van der Waals surface area (Å²) in [4.78, 5) is 0. The van der Waals surface area contributed by atoms with E-state index in [-0.39, 0.29) is 0 Å². The molecule has 1 aromatic rings. The minimum atomic E-state index is 0.664. The highest BCUT2D eigenvalue weighted by atomic mass is 14.6. The highest BCUT2D eigenvalue weighted by Crippen LogP contribution is 2.40. The molecule has 12 heavy (non-hydrogen) atoms. The largest absolute Gasteiger partial charge is 0.399 e. The first kappa shape index (κ1) is 7.41. The van der Waals surface area contributed by atoms with Crippen LogP contribution in [-0.4, -0.2) is 0 Å². The predicted octanol–water partition coefficient (Wildman–Crippen LogP) is 2.49. The molecule has 0 aromatic heterocycles. The maximum absolute atomic E-state index is 5.61. The van der Waals surface area contributed by atoms with Gasteiger partial charge in [-0.05, 0) is 36.0 Å². The first-order chi connectivity index (χ1) is 5.77. The molecule has 0 aliphatic heterocycles. The normalized spacial score (nSPS) is 16.0. The summed E-state index contributed by atoms with van der Waals surface area (Å²) in [5.41, 5.74) is 8.76. The third-order valence-electron chi connectivity index (χ3n) is 2.31. The van der Waals surface area contributed by atoms with Crippen molar-refractivity contribution in [1.29, 1.82) is 0 Å². The predicted molar refractivity (Wildman–Crippen MR) is 51.6 cm³/mol. The monoisotopic (exact) mass is 159 g/mol. The van der Waals surface area contributed by atoms with Crippen molar-refractivity contribution in [1.82, 2.24) is 0 Å². The van der Waals surface area contributed by atoms with E-state index in [1.54, 1.807) is 0 Å². The Kier molecular flexibility index (Phi) is 1.65. The Morgan fingerprint density at radius 3 is 2.75 bits per heavy atom. The molecule has 0 atom stereocenters. The number of hydrogen-bond donors (Lipinski definition) is 1. The van der Waals surface area contributed by atoms with Gasteiger partial charge in [0.15, 0.2) is 0 Å². The van der Waals surface area contributed by atoms with Gasteiger partial charge < -0.3 is 5.73 Å². The van der Waals surface area contributed by atoms with E-state index in [0.717, 1.165) is 11.5 Å². The molecule has 1 aromatic carbocycles. The average Bonchev–Trinajstić information content (AvgIpc) is 2.87. The lowest BCUT2D eigenvalue weighted by atomic mass is 10.1. The Balaban J connectivity index is 2.32. The lowest BCUT2D eigenvalue weighted by molar-refractivity contribution is 1.13. The minimum absolute atomic E-state index is 0.664. The van der Waals surface area contributed by atoms with Gasteiger partial charge in [-0.25, -0.2) is 0 Å². The number of benzene rings is 1. The van der Waals surface area contributed by atoms with Crippen molar-refractivity contribution in [3.63, 3.8) is 0 Å². The molecule has 1 saturated carbocycles. The summed E-state index contributed by atoms with van der Waals surface area (Å²) < 4.78 is 0. The van der Waals surface area contributed by atoms with E-state index < -0.39 is 0 Å². The van der Waals surface area contributed by atoms with Crippen molar-refractivity contribution in [2.45, 2.75) is 18.8 Å². The van der Waals surface area contributed by atoms with Crippen LogP contribution in [0, 0.1) is 0 Å². The maximum Gasteiger partial charge on any atom is 0.0314 e. The third-order valence-corrected chi connectivity index (χ3v) is 2.31. The van der Waals surface area contributed by atoms with Crippen LogP contribution in [0.5, 0.6) is 0 Å². The van der Waals surface area contributed by atoms with Crippen molar-refractivity contribution < 1.29 is 0 Å². The zero-order chi connectivity index (χ0) is 8.55. The molecule has 0 amide bonds. The molecular weight excluding hydrogens is 146 g/mol. The summed E-state index contributed by atoms with van der Waals surface area (Å²) in [5.74, 6) is 0.796. The van der Waals surface area contributed by atoms with Crippen LogP contribution in [0.2, 0.25) is 0 Å². The second-order valence-electron chi connectivity index (χ2n) is 3.42. The summed E-state index contributed by atoms with van der Waals surface area (Å²) in [6, 6.07) is 8.39. The van der Waals surface area contributed by atoms with Crippen molar-refractivity contribution >= 4 is 5.70 Å². The number of rotatable bonds is 2. The minimum Gasteiger partial charge on any atom is -0.399 e. The van der Waals surface area contributed by atoms with Crippen molar-refractivity contribution in [2.24, 2.45) is 5.73 Å². The molecule has 1 nitrogen and oxygen atoms in total. The van der Waals surface area contributed by atoms with Crippen LogP contribution in [-0.2, 0) is 0 Å². The molecule has 2 N–H and O–H groups in total. The van der Waals surface area contributed by atoms with E-state index in [1.165, 1.54) is 18.4 Å². The van der Waals surface area contributed by atoms with Gasteiger partial charge in [-0.1, -0.05) is 24.8 Å². The summed E-state index contributed by atoms with van der Waals surface area (Å²) in [7, 11) is 0. The number of hydrogen-bond acceptors (Lipinski definition) is 1. The molecule has 2 rings (SSSR count). The van der Waals surface area contributed by atoms with Crippen LogP contribution in [0.3, 0.4) is 0 Å². The van der Waals surface area contributed by atoms with Gasteiger partial charge in [0.25, 0.3) is 0 Å². The Hall–Kier alpha value is -1.24. The van der Waals surface area contributed by atoms with Crippen LogP contribution in [0.1, 0.15) is 29.9 Å². The highest BCUT2D eigenvalue weighted by Gasteiger charge is 2.23. The van der Waals surface area contributed by atoms with Crippen molar-refractivity contribution in [2.75, 3.05) is 0 Å². The Morgan fingerprint density at radius 2 is 2.17 bits per heavy atom. The molecule has 0 spiro atoms. The number of nitrogens with two attached hydrogens (primary N) is 1. The van der Waals surface area contributed by atoms with Gasteiger partial charge in [-0.3, -0.25) is 0 Å². The maximum atomic E-state index is 5.61. The highest BCUT2D eigenvalue weighted by molar-refractivity contribution is 5.61. The molecule has 0 heterocycles. The summed E-state index contributed by atoms with van der Waals surface area (Å²) in [6.45, 7) is 3.72. The second-order valence-corrected chi connectivity index (χ2v) is 3.42. The van der Waals surface area contributed by atoms with Crippen molar-refractivity contribution in [3.05, 3.63) is 42.0 Å². The zero-order valence-electron chi connectivity index (χ0n) is 7.09. The van der Waals surface area contributed by atoms with Gasteiger partial charge in [-0.15, -0.1) is 0 Å². The lowest BCUT2D eigenvalue weighted by Crippen LogP contribution is -1.94. The third kappa shape index (κ3) is 1.35. The molecule has 0 bridgehead atoms. The van der Waals surface area contributed by atoms with E-state index in [4.69, 9.17) is 5.73 Å². The first-order valence-corrected chi connectivity index (χ1v) is 4.32. The smallest absolute Gasteiger partial charge is 0.0314 e. The summed E-state index contributed by atoms with van der Waals surface area (Å²) in [6.07, 6.45) is 2.67. The van der Waals surface area contributed by atoms with E-state index in [0.29, 0.717) is 5.70 Å². The molecule has 0 unspecified atom stereocenters. The van der Waals surface area contributed by atoms with Crippen LogP contribution < -0.4 is 5.73 Å². The molecule has 0 radical (unpaired) electrons. The fraction of sp³-hybridized carbons (Fsp3) is 0.273. The van der Waals surface area contributed by atoms with Crippen LogP contribution in [0.4, 0.5) is 0 Å². The Morgan fingerprint density at radius 1 is 1.42 bits per heavy atom. The molecular formula is C11H13N. The van der Waals surface area contributed by atoms with Crippen LogP contribution in [0.15, 0.2) is 30.8 Å². The second kappa shape index (κ2) is 2.67. The Bertz CT molecular complexity index is 311. The van der Waals surface area contributed by atoms with E-state index >= 15 is 0 Å². The average molecular weight is 159 g/mol. The molecule has 1 fully saturated rings.